The fourth-order valence-corrected chi connectivity index (χ4v) is 1.30. The molecular weight excluding hydrogens is 199 g/mol. The summed E-state index contributed by atoms with van der Waals surface area (Å²) in [6.07, 6.45) is -0.312. The Bertz CT molecular complexity index is 209. The SMILES string of the molecule is COP(=O)(O)CCC(N)C(=O)O.N. The summed E-state index contributed by atoms with van der Waals surface area (Å²) in [4.78, 5) is 19.0. The molecule has 0 bridgehead atoms. The minimum Gasteiger partial charge on any atom is -0.480 e. The molecule has 2 atom stereocenters. The molecule has 13 heavy (non-hydrogen) atoms. The van der Waals surface area contributed by atoms with E-state index in [1.165, 1.54) is 0 Å². The van der Waals surface area contributed by atoms with Gasteiger partial charge in [0.2, 0.25) is 0 Å². The van der Waals surface area contributed by atoms with E-state index < -0.39 is 19.6 Å². The summed E-state index contributed by atoms with van der Waals surface area (Å²) in [5.74, 6) is -1.19. The number of carboxylic acid groups (broad SMARTS) is 1. The molecule has 0 amide bonds. The molecule has 0 aromatic carbocycles. The van der Waals surface area contributed by atoms with E-state index >= 15 is 0 Å². The Hall–Kier alpha value is -0.460. The van der Waals surface area contributed by atoms with E-state index in [1.807, 2.05) is 0 Å². The van der Waals surface area contributed by atoms with E-state index in [4.69, 9.17) is 15.7 Å². The largest absolute Gasteiger partial charge is 0.480 e. The lowest BCUT2D eigenvalue weighted by Gasteiger charge is -2.10. The van der Waals surface area contributed by atoms with Crippen LogP contribution in [0.3, 0.4) is 0 Å². The van der Waals surface area contributed by atoms with Gasteiger partial charge in [-0.25, -0.2) is 0 Å². The van der Waals surface area contributed by atoms with Crippen LogP contribution in [0.2, 0.25) is 0 Å². The molecule has 0 aliphatic carbocycles. The van der Waals surface area contributed by atoms with Crippen LogP contribution < -0.4 is 11.9 Å². The number of carbonyl (C=O) groups is 1. The van der Waals surface area contributed by atoms with Gasteiger partial charge >= 0.3 is 13.6 Å². The molecule has 2 unspecified atom stereocenters. The van der Waals surface area contributed by atoms with Gasteiger partial charge in [-0.05, 0) is 6.42 Å². The molecule has 8 heteroatoms. The monoisotopic (exact) mass is 214 g/mol. The lowest BCUT2D eigenvalue weighted by molar-refractivity contribution is -0.138. The van der Waals surface area contributed by atoms with Crippen molar-refractivity contribution in [2.24, 2.45) is 5.73 Å². The van der Waals surface area contributed by atoms with Gasteiger partial charge in [0.25, 0.3) is 0 Å². The van der Waals surface area contributed by atoms with E-state index in [-0.39, 0.29) is 18.7 Å². The lowest BCUT2D eigenvalue weighted by Crippen LogP contribution is -2.30. The van der Waals surface area contributed by atoms with E-state index in [2.05, 4.69) is 4.52 Å². The smallest absolute Gasteiger partial charge is 0.327 e. The molecule has 0 spiro atoms. The minimum atomic E-state index is -3.61. The second-order valence-electron chi connectivity index (χ2n) is 2.28. The topological polar surface area (TPSA) is 145 Å². The van der Waals surface area contributed by atoms with Crippen LogP contribution in [0.1, 0.15) is 6.42 Å². The van der Waals surface area contributed by atoms with Crippen LogP contribution in [0.4, 0.5) is 0 Å². The zero-order chi connectivity index (χ0) is 9.78. The van der Waals surface area contributed by atoms with Gasteiger partial charge in [-0.3, -0.25) is 9.36 Å². The highest BCUT2D eigenvalue weighted by Crippen LogP contribution is 2.41. The molecule has 80 valence electrons. The predicted molar refractivity (Wildman–Crippen MR) is 47.0 cm³/mol. The first-order valence-electron chi connectivity index (χ1n) is 3.25. The van der Waals surface area contributed by atoms with Crippen molar-refractivity contribution in [2.45, 2.75) is 12.5 Å². The van der Waals surface area contributed by atoms with Gasteiger partial charge in [-0.15, -0.1) is 0 Å². The van der Waals surface area contributed by atoms with Crippen molar-refractivity contribution < 1.29 is 23.9 Å². The Morgan fingerprint density at radius 1 is 1.69 bits per heavy atom. The number of aliphatic carboxylic acids is 1. The van der Waals surface area contributed by atoms with E-state index in [0.29, 0.717) is 0 Å². The maximum Gasteiger partial charge on any atom is 0.327 e. The Morgan fingerprint density at radius 2 is 2.15 bits per heavy atom. The summed E-state index contributed by atoms with van der Waals surface area (Å²) < 4.78 is 15.0. The van der Waals surface area contributed by atoms with E-state index in [0.717, 1.165) is 7.11 Å². The molecule has 0 fully saturated rings. The molecule has 0 saturated heterocycles. The highest BCUT2D eigenvalue weighted by molar-refractivity contribution is 7.52. The van der Waals surface area contributed by atoms with E-state index in [9.17, 15) is 9.36 Å². The highest BCUT2D eigenvalue weighted by atomic mass is 31.2. The molecule has 7 nitrogen and oxygen atoms in total. The standard InChI is InChI=1S/C5H12NO5P.H3N/c1-11-12(9,10)3-2-4(6)5(7)8;/h4H,2-3,6H2,1H3,(H,7,8)(H,9,10);1H3. The molecule has 7 N–H and O–H groups in total. The molecule has 0 radical (unpaired) electrons. The first-order chi connectivity index (χ1) is 5.39. The fourth-order valence-electron chi connectivity index (χ4n) is 0.517. The first-order valence-corrected chi connectivity index (χ1v) is 5.01. The zero-order valence-corrected chi connectivity index (χ0v) is 8.24. The number of nitrogens with two attached hydrogens (primary N) is 1. The molecule has 0 aliphatic rings. The number of hydrogen-bond acceptors (Lipinski definition) is 5. The molecule has 0 aliphatic heterocycles. The third-order valence-corrected chi connectivity index (χ3v) is 2.72. The quantitative estimate of drug-likeness (QED) is 0.463. The number of carboxylic acids is 1. The highest BCUT2D eigenvalue weighted by Gasteiger charge is 2.21. The zero-order valence-electron chi connectivity index (χ0n) is 7.34. The van der Waals surface area contributed by atoms with Gasteiger partial charge < -0.3 is 26.4 Å². The molecule has 0 aromatic rings. The van der Waals surface area contributed by atoms with Gasteiger partial charge in [0.15, 0.2) is 0 Å². The molecule has 0 rings (SSSR count). The summed E-state index contributed by atoms with van der Waals surface area (Å²) in [6, 6.07) is -1.11. The van der Waals surface area contributed by atoms with Crippen molar-refractivity contribution in [3.63, 3.8) is 0 Å². The van der Waals surface area contributed by atoms with Crippen molar-refractivity contribution in [3.8, 4) is 0 Å². The average molecular weight is 214 g/mol. The van der Waals surface area contributed by atoms with Crippen LogP contribution in [0.5, 0.6) is 0 Å². The van der Waals surface area contributed by atoms with Crippen molar-refractivity contribution in [3.05, 3.63) is 0 Å². The second kappa shape index (κ2) is 6.06. The van der Waals surface area contributed by atoms with Crippen LogP contribution in [0.15, 0.2) is 0 Å². The number of rotatable bonds is 5. The molecule has 0 saturated carbocycles. The molecular formula is C5H15N2O5P. The Kier molecular flexibility index (Phi) is 7.01. The van der Waals surface area contributed by atoms with Gasteiger partial charge in [0.05, 0.1) is 6.16 Å². The molecule has 0 aromatic heterocycles. The Labute approximate surface area is 76.0 Å². The second-order valence-corrected chi connectivity index (χ2v) is 4.36. The van der Waals surface area contributed by atoms with Gasteiger partial charge in [0.1, 0.15) is 6.04 Å². The third-order valence-electron chi connectivity index (χ3n) is 1.33. The molecule has 0 heterocycles. The summed E-state index contributed by atoms with van der Waals surface area (Å²) in [6.45, 7) is 0. The Morgan fingerprint density at radius 3 is 2.46 bits per heavy atom. The van der Waals surface area contributed by atoms with Crippen molar-refractivity contribution in [1.29, 1.82) is 0 Å². The summed E-state index contributed by atoms with van der Waals surface area (Å²) in [5.41, 5.74) is 5.09. The first kappa shape index (κ1) is 15.0. The van der Waals surface area contributed by atoms with Crippen LogP contribution in [-0.4, -0.2) is 35.3 Å². The maximum atomic E-state index is 10.8. The van der Waals surface area contributed by atoms with Crippen LogP contribution in [0, 0.1) is 0 Å². The van der Waals surface area contributed by atoms with Gasteiger partial charge in [-0.1, -0.05) is 0 Å². The van der Waals surface area contributed by atoms with Crippen LogP contribution in [-0.2, 0) is 13.9 Å². The lowest BCUT2D eigenvalue weighted by atomic mass is 10.2. The Balaban J connectivity index is 0. The maximum absolute atomic E-state index is 10.8. The van der Waals surface area contributed by atoms with Gasteiger partial charge in [-0.2, -0.15) is 0 Å². The van der Waals surface area contributed by atoms with Crippen LogP contribution >= 0.6 is 7.60 Å². The third kappa shape index (κ3) is 6.68. The number of hydrogen-bond donors (Lipinski definition) is 4. The summed E-state index contributed by atoms with van der Waals surface area (Å²) >= 11 is 0. The summed E-state index contributed by atoms with van der Waals surface area (Å²) in [5, 5.41) is 8.31. The van der Waals surface area contributed by atoms with Crippen molar-refractivity contribution in [2.75, 3.05) is 13.3 Å². The fraction of sp³-hybridized carbons (Fsp3) is 0.800. The normalized spacial score (nSPS) is 16.8. The predicted octanol–water partition coefficient (Wildman–Crippen LogP) is -0.218. The van der Waals surface area contributed by atoms with Crippen molar-refractivity contribution in [1.82, 2.24) is 6.15 Å². The summed E-state index contributed by atoms with van der Waals surface area (Å²) in [7, 11) is -2.52. The van der Waals surface area contributed by atoms with Crippen LogP contribution in [0.25, 0.3) is 0 Å². The van der Waals surface area contributed by atoms with E-state index in [1.54, 1.807) is 0 Å². The van der Waals surface area contributed by atoms with Crippen molar-refractivity contribution >= 4 is 13.6 Å². The van der Waals surface area contributed by atoms with Gasteiger partial charge in [0, 0.05) is 7.11 Å². The minimum absolute atomic E-state index is 0. The average Bonchev–Trinajstić information content (AvgIpc) is 2.00.